The van der Waals surface area contributed by atoms with Gasteiger partial charge in [0.25, 0.3) is 15.0 Å². The molecule has 0 aliphatic carbocycles. The van der Waals surface area contributed by atoms with E-state index in [1.807, 2.05) is 13.8 Å². The minimum Gasteiger partial charge on any atom is -0.339 e. The lowest BCUT2D eigenvalue weighted by Crippen LogP contribution is -2.32. The number of nitrogens with zero attached hydrogens (tertiary/aromatic N) is 1. The lowest BCUT2D eigenvalue weighted by molar-refractivity contribution is 0.0763. The van der Waals surface area contributed by atoms with Crippen molar-refractivity contribution in [2.24, 2.45) is 0 Å². The van der Waals surface area contributed by atoms with Crippen molar-refractivity contribution in [2.75, 3.05) is 13.1 Å². The Labute approximate surface area is 132 Å². The molecule has 4 nitrogen and oxygen atoms in total. The van der Waals surface area contributed by atoms with Crippen LogP contribution in [0.2, 0.25) is 0 Å². The van der Waals surface area contributed by atoms with Gasteiger partial charge in [-0.2, -0.15) is 0 Å². The van der Waals surface area contributed by atoms with Crippen molar-refractivity contribution in [2.45, 2.75) is 32.1 Å². The molecule has 0 spiro atoms. The molecule has 0 N–H and O–H groups in total. The summed E-state index contributed by atoms with van der Waals surface area (Å²) in [7, 11) is 1.53. The van der Waals surface area contributed by atoms with E-state index in [-0.39, 0.29) is 10.8 Å². The van der Waals surface area contributed by atoms with Crippen LogP contribution in [-0.2, 0) is 9.05 Å². The van der Waals surface area contributed by atoms with Crippen molar-refractivity contribution in [1.82, 2.24) is 4.90 Å². The molecule has 0 aliphatic heterocycles. The minimum absolute atomic E-state index is 0.0376. The summed E-state index contributed by atoms with van der Waals surface area (Å²) < 4.78 is 23.6. The average Bonchev–Trinajstić information content (AvgIpc) is 2.36. The van der Waals surface area contributed by atoms with Gasteiger partial charge in [0.05, 0.1) is 4.90 Å². The zero-order valence-corrected chi connectivity index (χ0v) is 14.8. The third-order valence-electron chi connectivity index (χ3n) is 2.98. The second kappa shape index (κ2) is 6.91. The molecule has 20 heavy (non-hydrogen) atoms. The van der Waals surface area contributed by atoms with Crippen LogP contribution < -0.4 is 0 Å². The predicted octanol–water partition coefficient (Wildman–Crippen LogP) is 3.56. The van der Waals surface area contributed by atoms with Crippen LogP contribution in [0.15, 0.2) is 21.5 Å². The van der Waals surface area contributed by atoms with Gasteiger partial charge < -0.3 is 4.90 Å². The maximum absolute atomic E-state index is 12.5. The van der Waals surface area contributed by atoms with E-state index in [2.05, 4.69) is 15.9 Å². The van der Waals surface area contributed by atoms with Gasteiger partial charge in [-0.05, 0) is 38.0 Å². The largest absolute Gasteiger partial charge is 0.339 e. The highest BCUT2D eigenvalue weighted by atomic mass is 79.9. The van der Waals surface area contributed by atoms with E-state index in [9.17, 15) is 13.2 Å². The van der Waals surface area contributed by atoms with E-state index in [1.165, 1.54) is 6.07 Å². The molecule has 0 heterocycles. The fourth-order valence-corrected chi connectivity index (χ4v) is 3.81. The highest BCUT2D eigenvalue weighted by molar-refractivity contribution is 9.10. The van der Waals surface area contributed by atoms with Crippen LogP contribution in [-0.4, -0.2) is 32.3 Å². The summed E-state index contributed by atoms with van der Waals surface area (Å²) >= 11 is 3.22. The second-order valence-corrected chi connectivity index (χ2v) is 7.85. The summed E-state index contributed by atoms with van der Waals surface area (Å²) in [5.41, 5.74) is 0.733. The van der Waals surface area contributed by atoms with Crippen molar-refractivity contribution >= 4 is 41.6 Å². The summed E-state index contributed by atoms with van der Waals surface area (Å²) in [6.07, 6.45) is 0.841. The van der Waals surface area contributed by atoms with Gasteiger partial charge in [0, 0.05) is 33.8 Å². The number of rotatable bonds is 5. The van der Waals surface area contributed by atoms with E-state index in [4.69, 9.17) is 10.7 Å². The van der Waals surface area contributed by atoms with Crippen LogP contribution in [0.5, 0.6) is 0 Å². The van der Waals surface area contributed by atoms with Gasteiger partial charge in [-0.1, -0.05) is 22.9 Å². The molecule has 0 aliphatic rings. The highest BCUT2D eigenvalue weighted by Crippen LogP contribution is 2.28. The summed E-state index contributed by atoms with van der Waals surface area (Å²) in [5, 5.41) is 0. The molecule has 0 aromatic heterocycles. The number of hydrogen-bond donors (Lipinski definition) is 0. The molecule has 112 valence electrons. The van der Waals surface area contributed by atoms with Crippen molar-refractivity contribution in [1.29, 1.82) is 0 Å². The molecular formula is C13H17BrClNO3S. The van der Waals surface area contributed by atoms with Crippen LogP contribution in [0.1, 0.15) is 36.2 Å². The normalized spacial score (nSPS) is 11.4. The molecule has 1 aromatic rings. The molecule has 0 saturated heterocycles. The Morgan fingerprint density at radius 1 is 1.35 bits per heavy atom. The summed E-state index contributed by atoms with van der Waals surface area (Å²) in [6.45, 7) is 6.67. The number of amides is 1. The third-order valence-corrected chi connectivity index (χ3v) is 4.89. The fraction of sp³-hybridized carbons (Fsp3) is 0.462. The molecule has 0 radical (unpaired) electrons. The third kappa shape index (κ3) is 3.96. The Morgan fingerprint density at radius 3 is 2.40 bits per heavy atom. The Balaban J connectivity index is 3.39. The first kappa shape index (κ1) is 17.5. The van der Waals surface area contributed by atoms with Gasteiger partial charge in [0.2, 0.25) is 0 Å². The molecule has 0 fully saturated rings. The van der Waals surface area contributed by atoms with E-state index in [0.717, 1.165) is 6.42 Å². The summed E-state index contributed by atoms with van der Waals surface area (Å²) in [5.74, 6) is -0.185. The van der Waals surface area contributed by atoms with Crippen molar-refractivity contribution in [3.8, 4) is 0 Å². The first-order valence-corrected chi connectivity index (χ1v) is 9.36. The standard InChI is InChI=1S/C13H17BrClNO3S/c1-4-6-16(5-2)13(17)11-7-10(14)8-12(9(11)3)20(15,18)19/h7-8H,4-6H2,1-3H3. The monoisotopic (exact) mass is 381 g/mol. The molecule has 0 bridgehead atoms. The van der Waals surface area contributed by atoms with Crippen LogP contribution in [0.4, 0.5) is 0 Å². The van der Waals surface area contributed by atoms with Gasteiger partial charge in [0.1, 0.15) is 0 Å². The number of carbonyl (C=O) groups excluding carboxylic acids is 1. The second-order valence-electron chi connectivity index (χ2n) is 4.40. The smallest absolute Gasteiger partial charge is 0.261 e. The van der Waals surface area contributed by atoms with Gasteiger partial charge in [-0.3, -0.25) is 4.79 Å². The molecule has 7 heteroatoms. The zero-order valence-electron chi connectivity index (χ0n) is 11.6. The molecule has 0 atom stereocenters. The first-order valence-electron chi connectivity index (χ1n) is 6.26. The Kier molecular flexibility index (Phi) is 6.04. The Bertz CT molecular complexity index is 616. The van der Waals surface area contributed by atoms with Crippen molar-refractivity contribution < 1.29 is 13.2 Å². The van der Waals surface area contributed by atoms with Crippen LogP contribution in [0.3, 0.4) is 0 Å². The summed E-state index contributed by atoms with van der Waals surface area (Å²) in [4.78, 5) is 14.1. The topological polar surface area (TPSA) is 54.5 Å². The zero-order chi connectivity index (χ0) is 15.5. The van der Waals surface area contributed by atoms with Crippen molar-refractivity contribution in [3.63, 3.8) is 0 Å². The molecule has 0 saturated carbocycles. The molecule has 0 unspecified atom stereocenters. The van der Waals surface area contributed by atoms with Crippen LogP contribution in [0.25, 0.3) is 0 Å². The number of hydrogen-bond acceptors (Lipinski definition) is 3. The molecule has 1 amide bonds. The van der Waals surface area contributed by atoms with Gasteiger partial charge in [-0.15, -0.1) is 0 Å². The lowest BCUT2D eigenvalue weighted by Gasteiger charge is -2.21. The van der Waals surface area contributed by atoms with Crippen molar-refractivity contribution in [3.05, 3.63) is 27.7 Å². The SMILES string of the molecule is CCCN(CC)C(=O)c1cc(Br)cc(S(=O)(=O)Cl)c1C. The number of carbonyl (C=O) groups is 1. The fourth-order valence-electron chi connectivity index (χ4n) is 1.97. The maximum Gasteiger partial charge on any atom is 0.261 e. The van der Waals surface area contributed by atoms with Gasteiger partial charge in [0.15, 0.2) is 0 Å². The van der Waals surface area contributed by atoms with Gasteiger partial charge in [-0.25, -0.2) is 8.42 Å². The first-order chi connectivity index (χ1) is 9.22. The van der Waals surface area contributed by atoms with E-state index >= 15 is 0 Å². The minimum atomic E-state index is -3.89. The van der Waals surface area contributed by atoms with Crippen LogP contribution >= 0.6 is 26.6 Å². The molecule has 1 rings (SSSR count). The summed E-state index contributed by atoms with van der Waals surface area (Å²) in [6, 6.07) is 3.03. The average molecular weight is 383 g/mol. The quantitative estimate of drug-likeness (QED) is 0.732. The number of benzene rings is 1. The van der Waals surface area contributed by atoms with E-state index in [0.29, 0.717) is 28.7 Å². The number of halogens is 2. The predicted molar refractivity (Wildman–Crippen MR) is 83.8 cm³/mol. The Hall–Kier alpha value is -0.590. The Morgan fingerprint density at radius 2 is 1.95 bits per heavy atom. The molecule has 1 aromatic carbocycles. The highest BCUT2D eigenvalue weighted by Gasteiger charge is 2.22. The van der Waals surface area contributed by atoms with E-state index < -0.39 is 9.05 Å². The molecular weight excluding hydrogens is 366 g/mol. The van der Waals surface area contributed by atoms with Gasteiger partial charge >= 0.3 is 0 Å². The van der Waals surface area contributed by atoms with Crippen LogP contribution in [0, 0.1) is 6.92 Å². The lowest BCUT2D eigenvalue weighted by atomic mass is 10.1. The maximum atomic E-state index is 12.5. The van der Waals surface area contributed by atoms with E-state index in [1.54, 1.807) is 17.9 Å².